The molecule has 2 heteroatoms. The van der Waals surface area contributed by atoms with Crippen LogP contribution in [0.1, 0.15) is 37.7 Å². The van der Waals surface area contributed by atoms with Gasteiger partial charge in [-0.15, -0.1) is 0 Å². The standard InChI is InChI=1S/C19H24N2/c1-3-7-16(8-4-1)15-20-17-11-13-19(14-12-17)21-18-9-5-2-6-10-18/h1,3-4,7-8,11-14,18,20-21H,2,5-6,9-10,15H2. The molecular formula is C19H24N2. The predicted octanol–water partition coefficient (Wildman–Crippen LogP) is 5.04. The van der Waals surface area contributed by atoms with Crippen molar-refractivity contribution in [2.24, 2.45) is 0 Å². The van der Waals surface area contributed by atoms with E-state index in [1.165, 1.54) is 49.0 Å². The van der Waals surface area contributed by atoms with Crippen molar-refractivity contribution in [1.29, 1.82) is 0 Å². The summed E-state index contributed by atoms with van der Waals surface area (Å²) in [6.45, 7) is 0.871. The first-order valence-corrected chi connectivity index (χ1v) is 8.04. The van der Waals surface area contributed by atoms with Gasteiger partial charge in [0.2, 0.25) is 0 Å². The van der Waals surface area contributed by atoms with Crippen LogP contribution < -0.4 is 10.6 Å². The van der Waals surface area contributed by atoms with E-state index in [0.29, 0.717) is 6.04 Å². The molecule has 1 fully saturated rings. The highest BCUT2D eigenvalue weighted by Gasteiger charge is 2.12. The van der Waals surface area contributed by atoms with Gasteiger partial charge in [-0.2, -0.15) is 0 Å². The van der Waals surface area contributed by atoms with Crippen LogP contribution >= 0.6 is 0 Å². The minimum Gasteiger partial charge on any atom is -0.382 e. The zero-order valence-electron chi connectivity index (χ0n) is 12.5. The van der Waals surface area contributed by atoms with E-state index < -0.39 is 0 Å². The van der Waals surface area contributed by atoms with Gasteiger partial charge in [0.25, 0.3) is 0 Å². The van der Waals surface area contributed by atoms with E-state index in [1.54, 1.807) is 0 Å². The summed E-state index contributed by atoms with van der Waals surface area (Å²) >= 11 is 0. The minimum atomic E-state index is 0.668. The van der Waals surface area contributed by atoms with Crippen molar-refractivity contribution in [2.75, 3.05) is 10.6 Å². The quantitative estimate of drug-likeness (QED) is 0.801. The van der Waals surface area contributed by atoms with Gasteiger partial charge in [0.05, 0.1) is 0 Å². The van der Waals surface area contributed by atoms with Gasteiger partial charge < -0.3 is 10.6 Å². The van der Waals surface area contributed by atoms with Gasteiger partial charge in [-0.1, -0.05) is 49.6 Å². The Morgan fingerprint density at radius 2 is 1.43 bits per heavy atom. The molecule has 0 amide bonds. The molecule has 2 N–H and O–H groups in total. The fourth-order valence-electron chi connectivity index (χ4n) is 2.97. The maximum absolute atomic E-state index is 3.65. The van der Waals surface area contributed by atoms with Gasteiger partial charge >= 0.3 is 0 Å². The topological polar surface area (TPSA) is 24.1 Å². The molecule has 0 unspecified atom stereocenters. The van der Waals surface area contributed by atoms with E-state index in [0.717, 1.165) is 6.54 Å². The average Bonchev–Trinajstić information content (AvgIpc) is 2.56. The van der Waals surface area contributed by atoms with Crippen LogP contribution in [0.4, 0.5) is 11.4 Å². The second-order valence-corrected chi connectivity index (χ2v) is 5.90. The Morgan fingerprint density at radius 3 is 2.14 bits per heavy atom. The van der Waals surface area contributed by atoms with Crippen LogP contribution in [0, 0.1) is 0 Å². The molecule has 0 saturated heterocycles. The maximum Gasteiger partial charge on any atom is 0.0400 e. The van der Waals surface area contributed by atoms with Crippen molar-refractivity contribution in [3.05, 3.63) is 60.2 Å². The molecule has 0 spiro atoms. The zero-order valence-corrected chi connectivity index (χ0v) is 12.5. The second kappa shape index (κ2) is 7.16. The van der Waals surface area contributed by atoms with Crippen molar-refractivity contribution in [3.8, 4) is 0 Å². The monoisotopic (exact) mass is 280 g/mol. The highest BCUT2D eigenvalue weighted by Crippen LogP contribution is 2.22. The number of rotatable bonds is 5. The summed E-state index contributed by atoms with van der Waals surface area (Å²) in [5.74, 6) is 0. The van der Waals surface area contributed by atoms with Crippen molar-refractivity contribution in [2.45, 2.75) is 44.7 Å². The lowest BCUT2D eigenvalue weighted by atomic mass is 9.95. The summed E-state index contributed by atoms with van der Waals surface area (Å²) in [7, 11) is 0. The van der Waals surface area contributed by atoms with Crippen LogP contribution in [0.15, 0.2) is 54.6 Å². The lowest BCUT2D eigenvalue weighted by Crippen LogP contribution is -2.22. The molecule has 0 heterocycles. The van der Waals surface area contributed by atoms with Gasteiger partial charge in [0, 0.05) is 24.0 Å². The van der Waals surface area contributed by atoms with E-state index in [2.05, 4.69) is 65.2 Å². The highest BCUT2D eigenvalue weighted by atomic mass is 14.9. The van der Waals surface area contributed by atoms with Crippen LogP contribution in [0.25, 0.3) is 0 Å². The Balaban J connectivity index is 1.51. The third-order valence-corrected chi connectivity index (χ3v) is 4.20. The van der Waals surface area contributed by atoms with E-state index in [1.807, 2.05) is 0 Å². The number of hydrogen-bond acceptors (Lipinski definition) is 2. The van der Waals surface area contributed by atoms with Crippen LogP contribution in [0.5, 0.6) is 0 Å². The SMILES string of the molecule is c1ccc(CNc2ccc(NC3CCCCC3)cc2)cc1. The number of nitrogens with one attached hydrogen (secondary N) is 2. The summed E-state index contributed by atoms with van der Waals surface area (Å²) in [6, 6.07) is 19.9. The van der Waals surface area contributed by atoms with Crippen molar-refractivity contribution >= 4 is 11.4 Å². The van der Waals surface area contributed by atoms with Crippen molar-refractivity contribution < 1.29 is 0 Å². The first kappa shape index (κ1) is 14.0. The van der Waals surface area contributed by atoms with Crippen molar-refractivity contribution in [1.82, 2.24) is 0 Å². The molecular weight excluding hydrogens is 256 g/mol. The molecule has 2 nitrogen and oxygen atoms in total. The van der Waals surface area contributed by atoms with Crippen LogP contribution in [-0.4, -0.2) is 6.04 Å². The molecule has 0 aliphatic heterocycles. The fraction of sp³-hybridized carbons (Fsp3) is 0.368. The third-order valence-electron chi connectivity index (χ3n) is 4.20. The molecule has 2 aromatic rings. The summed E-state index contributed by atoms with van der Waals surface area (Å²) in [5.41, 5.74) is 3.72. The second-order valence-electron chi connectivity index (χ2n) is 5.90. The van der Waals surface area contributed by atoms with E-state index in [-0.39, 0.29) is 0 Å². The molecule has 1 aliphatic rings. The van der Waals surface area contributed by atoms with Gasteiger partial charge in [0.1, 0.15) is 0 Å². The molecule has 110 valence electrons. The van der Waals surface area contributed by atoms with E-state index >= 15 is 0 Å². The lowest BCUT2D eigenvalue weighted by molar-refractivity contribution is 0.463. The summed E-state index contributed by atoms with van der Waals surface area (Å²) < 4.78 is 0. The molecule has 0 aromatic heterocycles. The van der Waals surface area contributed by atoms with Gasteiger partial charge in [0.15, 0.2) is 0 Å². The van der Waals surface area contributed by atoms with Gasteiger partial charge in [-0.25, -0.2) is 0 Å². The summed E-state index contributed by atoms with van der Waals surface area (Å²) in [4.78, 5) is 0. The minimum absolute atomic E-state index is 0.668. The normalized spacial score (nSPS) is 15.6. The largest absolute Gasteiger partial charge is 0.382 e. The number of benzene rings is 2. The molecule has 1 aliphatic carbocycles. The Kier molecular flexibility index (Phi) is 4.78. The summed E-state index contributed by atoms with van der Waals surface area (Å²) in [6.07, 6.45) is 6.77. The maximum atomic E-state index is 3.65. The van der Waals surface area contributed by atoms with Gasteiger partial charge in [-0.3, -0.25) is 0 Å². The Bertz CT molecular complexity index is 527. The Morgan fingerprint density at radius 1 is 0.762 bits per heavy atom. The van der Waals surface area contributed by atoms with Gasteiger partial charge in [-0.05, 0) is 42.7 Å². The van der Waals surface area contributed by atoms with E-state index in [9.17, 15) is 0 Å². The Hall–Kier alpha value is -1.96. The zero-order chi connectivity index (χ0) is 14.3. The highest BCUT2D eigenvalue weighted by molar-refractivity contribution is 5.54. The molecule has 2 aromatic carbocycles. The van der Waals surface area contributed by atoms with Crippen LogP contribution in [0.3, 0.4) is 0 Å². The average molecular weight is 280 g/mol. The van der Waals surface area contributed by atoms with E-state index in [4.69, 9.17) is 0 Å². The predicted molar refractivity (Wildman–Crippen MR) is 90.7 cm³/mol. The molecule has 3 rings (SSSR count). The summed E-state index contributed by atoms with van der Waals surface area (Å²) in [5, 5.41) is 7.12. The molecule has 0 bridgehead atoms. The fourth-order valence-corrected chi connectivity index (χ4v) is 2.97. The third kappa shape index (κ3) is 4.25. The number of anilines is 2. The van der Waals surface area contributed by atoms with Crippen LogP contribution in [0.2, 0.25) is 0 Å². The first-order valence-electron chi connectivity index (χ1n) is 8.04. The molecule has 21 heavy (non-hydrogen) atoms. The Labute approximate surface area is 127 Å². The lowest BCUT2D eigenvalue weighted by Gasteiger charge is -2.24. The molecule has 0 atom stereocenters. The first-order chi connectivity index (χ1) is 10.4. The van der Waals surface area contributed by atoms with Crippen LogP contribution in [-0.2, 0) is 6.54 Å². The number of hydrogen-bond donors (Lipinski definition) is 2. The van der Waals surface area contributed by atoms with Crippen molar-refractivity contribution in [3.63, 3.8) is 0 Å². The smallest absolute Gasteiger partial charge is 0.0400 e. The molecule has 0 radical (unpaired) electrons. The molecule has 1 saturated carbocycles.